The molecule has 0 saturated heterocycles. The zero-order valence-electron chi connectivity index (χ0n) is 10.8. The van der Waals surface area contributed by atoms with Crippen LogP contribution in [0.5, 0.6) is 0 Å². The first-order chi connectivity index (χ1) is 8.95. The maximum absolute atomic E-state index is 11.9. The summed E-state index contributed by atoms with van der Waals surface area (Å²) in [7, 11) is -3.52. The molecule has 6 heteroatoms. The van der Waals surface area contributed by atoms with E-state index >= 15 is 0 Å². The molecule has 0 radical (unpaired) electrons. The highest BCUT2D eigenvalue weighted by atomic mass is 32.2. The van der Waals surface area contributed by atoms with Gasteiger partial charge in [0.25, 0.3) is 0 Å². The SMILES string of the molecule is CCOC(=O)O[C@@H](C)/C=C/S(=O)(=O)c1ccccc1. The molecule has 104 valence electrons. The van der Waals surface area contributed by atoms with Crippen LogP contribution < -0.4 is 0 Å². The molecule has 1 aromatic carbocycles. The second kappa shape index (κ2) is 6.94. The Morgan fingerprint density at radius 1 is 1.32 bits per heavy atom. The van der Waals surface area contributed by atoms with E-state index in [0.717, 1.165) is 5.41 Å². The molecule has 0 aromatic heterocycles. The van der Waals surface area contributed by atoms with Gasteiger partial charge in [-0.25, -0.2) is 13.2 Å². The van der Waals surface area contributed by atoms with E-state index in [1.54, 1.807) is 32.0 Å². The minimum Gasteiger partial charge on any atom is -0.435 e. The van der Waals surface area contributed by atoms with Gasteiger partial charge in [0.15, 0.2) is 9.84 Å². The normalized spacial score (nSPS) is 13.2. The van der Waals surface area contributed by atoms with Gasteiger partial charge in [-0.05, 0) is 32.1 Å². The van der Waals surface area contributed by atoms with Crippen molar-refractivity contribution in [2.75, 3.05) is 6.61 Å². The molecule has 1 aromatic rings. The van der Waals surface area contributed by atoms with Crippen molar-refractivity contribution < 1.29 is 22.7 Å². The fourth-order valence-corrected chi connectivity index (χ4v) is 2.37. The summed E-state index contributed by atoms with van der Waals surface area (Å²) in [6.07, 6.45) is -0.214. The predicted octanol–water partition coefficient (Wildman–Crippen LogP) is 2.54. The lowest BCUT2D eigenvalue weighted by Gasteiger charge is -2.08. The van der Waals surface area contributed by atoms with Gasteiger partial charge < -0.3 is 9.47 Å². The van der Waals surface area contributed by atoms with E-state index in [2.05, 4.69) is 4.74 Å². The van der Waals surface area contributed by atoms with E-state index < -0.39 is 22.1 Å². The highest BCUT2D eigenvalue weighted by Gasteiger charge is 2.11. The van der Waals surface area contributed by atoms with Crippen molar-refractivity contribution in [3.63, 3.8) is 0 Å². The fourth-order valence-electron chi connectivity index (χ4n) is 1.25. The first kappa shape index (κ1) is 15.2. The Balaban J connectivity index is 2.68. The molecule has 0 saturated carbocycles. The number of carbonyl (C=O) groups excluding carboxylic acids is 1. The van der Waals surface area contributed by atoms with Gasteiger partial charge in [0.05, 0.1) is 11.5 Å². The monoisotopic (exact) mass is 284 g/mol. The molecule has 1 rings (SSSR count). The molecule has 0 N–H and O–H groups in total. The average molecular weight is 284 g/mol. The fraction of sp³-hybridized carbons (Fsp3) is 0.308. The molecule has 0 spiro atoms. The molecule has 0 fully saturated rings. The molecular formula is C13H16O5S. The summed E-state index contributed by atoms with van der Waals surface area (Å²) < 4.78 is 33.2. The summed E-state index contributed by atoms with van der Waals surface area (Å²) in [4.78, 5) is 11.2. The van der Waals surface area contributed by atoms with Crippen LogP contribution in [0.15, 0.2) is 46.7 Å². The number of ether oxygens (including phenoxy) is 2. The van der Waals surface area contributed by atoms with Crippen LogP contribution in [-0.2, 0) is 19.3 Å². The maximum Gasteiger partial charge on any atom is 0.508 e. The summed E-state index contributed by atoms with van der Waals surface area (Å²) in [5.41, 5.74) is 0. The zero-order chi connectivity index (χ0) is 14.3. The summed E-state index contributed by atoms with van der Waals surface area (Å²) >= 11 is 0. The molecule has 19 heavy (non-hydrogen) atoms. The second-order valence-corrected chi connectivity index (χ2v) is 5.53. The predicted molar refractivity (Wildman–Crippen MR) is 70.3 cm³/mol. The van der Waals surface area contributed by atoms with Crippen molar-refractivity contribution >= 4 is 16.0 Å². The van der Waals surface area contributed by atoms with E-state index in [1.807, 2.05) is 0 Å². The number of hydrogen-bond acceptors (Lipinski definition) is 5. The van der Waals surface area contributed by atoms with Crippen LogP contribution in [0.4, 0.5) is 4.79 Å². The number of rotatable bonds is 5. The molecule has 0 aliphatic heterocycles. The molecule has 0 bridgehead atoms. The molecular weight excluding hydrogens is 268 g/mol. The van der Waals surface area contributed by atoms with E-state index in [0.29, 0.717) is 0 Å². The van der Waals surface area contributed by atoms with Gasteiger partial charge in [-0.3, -0.25) is 0 Å². The highest BCUT2D eigenvalue weighted by Crippen LogP contribution is 2.12. The Morgan fingerprint density at radius 2 is 1.95 bits per heavy atom. The Bertz CT molecular complexity index is 533. The smallest absolute Gasteiger partial charge is 0.435 e. The third-order valence-corrected chi connectivity index (χ3v) is 3.59. The van der Waals surface area contributed by atoms with Crippen molar-refractivity contribution in [3.05, 3.63) is 41.8 Å². The average Bonchev–Trinajstić information content (AvgIpc) is 2.38. The Labute approximate surface area is 112 Å². The topological polar surface area (TPSA) is 69.7 Å². The standard InChI is InChI=1S/C13H16O5S/c1-3-17-13(14)18-11(2)9-10-19(15,16)12-7-5-4-6-8-12/h4-11H,3H2,1-2H3/b10-9+/t11-/m0/s1. The lowest BCUT2D eigenvalue weighted by molar-refractivity contribution is 0.0454. The molecule has 1 atom stereocenters. The minimum atomic E-state index is -3.52. The van der Waals surface area contributed by atoms with Gasteiger partial charge in [0, 0.05) is 5.41 Å². The van der Waals surface area contributed by atoms with Crippen molar-refractivity contribution in [2.24, 2.45) is 0 Å². The van der Waals surface area contributed by atoms with Gasteiger partial charge in [-0.1, -0.05) is 18.2 Å². The van der Waals surface area contributed by atoms with E-state index in [4.69, 9.17) is 4.74 Å². The Morgan fingerprint density at radius 3 is 2.53 bits per heavy atom. The highest BCUT2D eigenvalue weighted by molar-refractivity contribution is 7.94. The van der Waals surface area contributed by atoms with E-state index in [-0.39, 0.29) is 11.5 Å². The van der Waals surface area contributed by atoms with Crippen molar-refractivity contribution in [1.29, 1.82) is 0 Å². The number of sulfone groups is 1. The lowest BCUT2D eigenvalue weighted by Crippen LogP contribution is -2.14. The van der Waals surface area contributed by atoms with Crippen LogP contribution in [0, 0.1) is 0 Å². The molecule has 0 unspecified atom stereocenters. The van der Waals surface area contributed by atoms with E-state index in [1.165, 1.54) is 18.2 Å². The maximum atomic E-state index is 11.9. The second-order valence-electron chi connectivity index (χ2n) is 3.69. The van der Waals surface area contributed by atoms with Gasteiger partial charge in [0.1, 0.15) is 6.10 Å². The van der Waals surface area contributed by atoms with Crippen LogP contribution in [0.25, 0.3) is 0 Å². The van der Waals surface area contributed by atoms with Crippen LogP contribution in [0.2, 0.25) is 0 Å². The molecule has 0 aliphatic carbocycles. The largest absolute Gasteiger partial charge is 0.508 e. The zero-order valence-corrected chi connectivity index (χ0v) is 11.6. The number of hydrogen-bond donors (Lipinski definition) is 0. The van der Waals surface area contributed by atoms with Crippen LogP contribution in [-0.4, -0.2) is 27.3 Å². The van der Waals surface area contributed by atoms with Crippen molar-refractivity contribution in [3.8, 4) is 0 Å². The lowest BCUT2D eigenvalue weighted by atomic mass is 10.4. The van der Waals surface area contributed by atoms with Gasteiger partial charge in [-0.2, -0.15) is 0 Å². The van der Waals surface area contributed by atoms with Gasteiger partial charge in [0.2, 0.25) is 0 Å². The van der Waals surface area contributed by atoms with Crippen molar-refractivity contribution in [1.82, 2.24) is 0 Å². The molecule has 0 amide bonds. The minimum absolute atomic E-state index is 0.189. The number of carbonyl (C=O) groups is 1. The van der Waals surface area contributed by atoms with Gasteiger partial charge >= 0.3 is 6.16 Å². The third-order valence-electron chi connectivity index (χ3n) is 2.14. The van der Waals surface area contributed by atoms with Crippen LogP contribution in [0.1, 0.15) is 13.8 Å². The Hall–Kier alpha value is -1.82. The summed E-state index contributed by atoms with van der Waals surface area (Å²) in [5.74, 6) is 0. The quantitative estimate of drug-likeness (QED) is 0.777. The summed E-state index contributed by atoms with van der Waals surface area (Å²) in [6, 6.07) is 8.00. The van der Waals surface area contributed by atoms with Gasteiger partial charge in [-0.15, -0.1) is 0 Å². The Kier molecular flexibility index (Phi) is 5.57. The van der Waals surface area contributed by atoms with Crippen LogP contribution in [0.3, 0.4) is 0 Å². The molecule has 5 nitrogen and oxygen atoms in total. The first-order valence-electron chi connectivity index (χ1n) is 5.77. The molecule has 0 aliphatic rings. The summed E-state index contributed by atoms with van der Waals surface area (Å²) in [5, 5.41) is 1.02. The third kappa shape index (κ3) is 5.13. The van der Waals surface area contributed by atoms with Crippen molar-refractivity contribution in [2.45, 2.75) is 24.8 Å². The summed E-state index contributed by atoms with van der Waals surface area (Å²) in [6.45, 7) is 3.41. The number of benzene rings is 1. The molecule has 0 heterocycles. The first-order valence-corrected chi connectivity index (χ1v) is 7.32. The van der Waals surface area contributed by atoms with Crippen LogP contribution >= 0.6 is 0 Å². The van der Waals surface area contributed by atoms with E-state index in [9.17, 15) is 13.2 Å².